The molecule has 19 heavy (non-hydrogen) atoms. The monoisotopic (exact) mass is 259 g/mol. The van der Waals surface area contributed by atoms with Crippen molar-refractivity contribution >= 4 is 16.8 Å². The third-order valence-electron chi connectivity index (χ3n) is 3.62. The van der Waals surface area contributed by atoms with Gasteiger partial charge in [-0.15, -0.1) is 0 Å². The van der Waals surface area contributed by atoms with Crippen LogP contribution in [0.5, 0.6) is 0 Å². The Bertz CT molecular complexity index is 593. The predicted molar refractivity (Wildman–Crippen MR) is 71.6 cm³/mol. The van der Waals surface area contributed by atoms with Gasteiger partial charge in [0.25, 0.3) is 0 Å². The van der Waals surface area contributed by atoms with Crippen molar-refractivity contribution in [3.63, 3.8) is 0 Å². The predicted octanol–water partition coefficient (Wildman–Crippen LogP) is 1.09. The average Bonchev–Trinajstić information content (AvgIpc) is 2.82. The fourth-order valence-electron chi connectivity index (χ4n) is 2.59. The Kier molecular flexibility index (Phi) is 3.21. The number of carbonyl (C=O) groups is 1. The van der Waals surface area contributed by atoms with E-state index in [9.17, 15) is 9.90 Å². The summed E-state index contributed by atoms with van der Waals surface area (Å²) in [5.41, 5.74) is 1.73. The summed E-state index contributed by atoms with van der Waals surface area (Å²) in [5.74, 6) is 0.0492. The number of rotatable bonds is 2. The highest BCUT2D eigenvalue weighted by Crippen LogP contribution is 2.17. The number of hydrogen-bond donors (Lipinski definition) is 2. The second-order valence-electron chi connectivity index (χ2n) is 5.03. The van der Waals surface area contributed by atoms with Gasteiger partial charge in [0.2, 0.25) is 5.91 Å². The summed E-state index contributed by atoms with van der Waals surface area (Å²) in [4.78, 5) is 14.0. The van der Waals surface area contributed by atoms with E-state index < -0.39 is 0 Å². The van der Waals surface area contributed by atoms with Gasteiger partial charge < -0.3 is 10.0 Å². The van der Waals surface area contributed by atoms with Gasteiger partial charge in [0.15, 0.2) is 0 Å². The number of likely N-dealkylation sites (tertiary alicyclic amines) is 1. The molecule has 0 saturated carbocycles. The van der Waals surface area contributed by atoms with Crippen LogP contribution in [0.3, 0.4) is 0 Å². The zero-order valence-electron chi connectivity index (χ0n) is 10.7. The van der Waals surface area contributed by atoms with Crippen LogP contribution in [0.1, 0.15) is 18.5 Å². The van der Waals surface area contributed by atoms with E-state index in [1.54, 1.807) is 4.90 Å². The molecule has 1 aromatic heterocycles. The minimum atomic E-state index is -0.379. The fraction of sp³-hybridized carbons (Fsp3) is 0.429. The fourth-order valence-corrected chi connectivity index (χ4v) is 2.59. The van der Waals surface area contributed by atoms with Crippen LogP contribution >= 0.6 is 0 Å². The quantitative estimate of drug-likeness (QED) is 0.848. The van der Waals surface area contributed by atoms with Gasteiger partial charge in [-0.05, 0) is 18.9 Å². The van der Waals surface area contributed by atoms with Crippen LogP contribution in [-0.2, 0) is 11.2 Å². The molecule has 5 nitrogen and oxygen atoms in total. The summed E-state index contributed by atoms with van der Waals surface area (Å²) in [6.45, 7) is 1.19. The molecule has 2 heterocycles. The maximum absolute atomic E-state index is 12.2. The van der Waals surface area contributed by atoms with Crippen LogP contribution in [0.4, 0.5) is 0 Å². The lowest BCUT2D eigenvalue weighted by Gasteiger charge is -2.30. The molecule has 1 saturated heterocycles. The lowest BCUT2D eigenvalue weighted by atomic mass is 10.1. The number of nitrogens with one attached hydrogen (secondary N) is 1. The smallest absolute Gasteiger partial charge is 0.228 e. The van der Waals surface area contributed by atoms with E-state index in [4.69, 9.17) is 0 Å². The number of amides is 1. The van der Waals surface area contributed by atoms with E-state index in [1.165, 1.54) is 0 Å². The lowest BCUT2D eigenvalue weighted by molar-refractivity contribution is -0.133. The second-order valence-corrected chi connectivity index (χ2v) is 5.03. The number of β-amino-alcohol motifs (C(OH)–C–C–N with tert-alkyl or cyclic N) is 1. The summed E-state index contributed by atoms with van der Waals surface area (Å²) < 4.78 is 0. The third-order valence-corrected chi connectivity index (χ3v) is 3.62. The largest absolute Gasteiger partial charge is 0.391 e. The zero-order valence-corrected chi connectivity index (χ0v) is 10.7. The lowest BCUT2D eigenvalue weighted by Crippen LogP contribution is -2.42. The number of carbonyl (C=O) groups excluding carboxylic acids is 1. The molecule has 0 spiro atoms. The van der Waals surface area contributed by atoms with Crippen molar-refractivity contribution in [2.75, 3.05) is 13.1 Å². The topological polar surface area (TPSA) is 69.2 Å². The summed E-state index contributed by atoms with van der Waals surface area (Å²) in [5, 5.41) is 17.7. The Morgan fingerprint density at radius 1 is 1.47 bits per heavy atom. The first-order chi connectivity index (χ1) is 9.24. The standard InChI is InChI=1S/C14H17N3O2/c18-10-4-3-7-17(9-10)14(19)8-13-11-5-1-2-6-12(11)15-16-13/h1-2,5-6,10,18H,3-4,7-9H2,(H,15,16). The molecular formula is C14H17N3O2. The third kappa shape index (κ3) is 2.46. The number of hydrogen-bond acceptors (Lipinski definition) is 3. The SMILES string of the molecule is O=C(Cc1[nH]nc2ccccc12)N1CCCC(O)C1. The Morgan fingerprint density at radius 2 is 2.32 bits per heavy atom. The van der Waals surface area contributed by atoms with Crippen LogP contribution in [-0.4, -0.2) is 45.3 Å². The number of benzene rings is 1. The molecule has 2 N–H and O–H groups in total. The molecule has 1 fully saturated rings. The number of aliphatic hydroxyl groups excluding tert-OH is 1. The molecule has 1 aliphatic rings. The first-order valence-corrected chi connectivity index (χ1v) is 6.62. The molecule has 2 aromatic rings. The minimum Gasteiger partial charge on any atom is -0.391 e. The van der Waals surface area contributed by atoms with E-state index in [2.05, 4.69) is 10.2 Å². The van der Waals surface area contributed by atoms with Crippen molar-refractivity contribution in [1.29, 1.82) is 0 Å². The Hall–Kier alpha value is -1.88. The molecule has 0 aliphatic carbocycles. The average molecular weight is 259 g/mol. The second kappa shape index (κ2) is 5.01. The van der Waals surface area contributed by atoms with Crippen LogP contribution in [0.25, 0.3) is 10.9 Å². The van der Waals surface area contributed by atoms with Gasteiger partial charge in [-0.25, -0.2) is 0 Å². The van der Waals surface area contributed by atoms with E-state index >= 15 is 0 Å². The van der Waals surface area contributed by atoms with Gasteiger partial charge in [-0.3, -0.25) is 9.89 Å². The van der Waals surface area contributed by atoms with Gasteiger partial charge in [0.05, 0.1) is 23.7 Å². The van der Waals surface area contributed by atoms with Gasteiger partial charge in [0, 0.05) is 18.5 Å². The van der Waals surface area contributed by atoms with Gasteiger partial charge in [0.1, 0.15) is 0 Å². The molecule has 100 valence electrons. The molecule has 0 radical (unpaired) electrons. The number of aromatic nitrogens is 2. The molecule has 1 aromatic carbocycles. The Balaban J connectivity index is 1.75. The number of para-hydroxylation sites is 1. The molecule has 1 unspecified atom stereocenters. The van der Waals surface area contributed by atoms with Gasteiger partial charge >= 0.3 is 0 Å². The zero-order chi connectivity index (χ0) is 13.2. The molecule has 5 heteroatoms. The number of aliphatic hydroxyl groups is 1. The molecule has 1 amide bonds. The number of aromatic amines is 1. The normalized spacial score (nSPS) is 19.8. The van der Waals surface area contributed by atoms with Crippen molar-refractivity contribution < 1.29 is 9.90 Å². The van der Waals surface area contributed by atoms with Crippen molar-refractivity contribution in [3.8, 4) is 0 Å². The first kappa shape index (κ1) is 12.2. The molecule has 3 rings (SSSR count). The summed E-state index contributed by atoms with van der Waals surface area (Å²) in [6, 6.07) is 7.75. The van der Waals surface area contributed by atoms with E-state index in [-0.39, 0.29) is 12.0 Å². The summed E-state index contributed by atoms with van der Waals surface area (Å²) >= 11 is 0. The van der Waals surface area contributed by atoms with Gasteiger partial charge in [-0.1, -0.05) is 18.2 Å². The van der Waals surface area contributed by atoms with E-state index in [0.717, 1.165) is 36.0 Å². The van der Waals surface area contributed by atoms with Crippen molar-refractivity contribution in [1.82, 2.24) is 15.1 Å². The highest BCUT2D eigenvalue weighted by molar-refractivity contribution is 5.87. The van der Waals surface area contributed by atoms with E-state index in [0.29, 0.717) is 13.0 Å². The first-order valence-electron chi connectivity index (χ1n) is 6.62. The molecular weight excluding hydrogens is 242 g/mol. The van der Waals surface area contributed by atoms with Gasteiger partial charge in [-0.2, -0.15) is 5.10 Å². The Morgan fingerprint density at radius 3 is 3.16 bits per heavy atom. The van der Waals surface area contributed by atoms with Crippen molar-refractivity contribution in [2.24, 2.45) is 0 Å². The summed E-state index contributed by atoms with van der Waals surface area (Å²) in [7, 11) is 0. The Labute approximate surface area is 111 Å². The van der Waals surface area contributed by atoms with Crippen LogP contribution < -0.4 is 0 Å². The van der Waals surface area contributed by atoms with Crippen LogP contribution in [0, 0.1) is 0 Å². The summed E-state index contributed by atoms with van der Waals surface area (Å²) in [6.07, 6.45) is 1.59. The maximum atomic E-state index is 12.2. The number of piperidine rings is 1. The highest BCUT2D eigenvalue weighted by atomic mass is 16.3. The maximum Gasteiger partial charge on any atom is 0.228 e. The van der Waals surface area contributed by atoms with Crippen LogP contribution in [0.15, 0.2) is 24.3 Å². The minimum absolute atomic E-state index is 0.0492. The number of fused-ring (bicyclic) bond motifs is 1. The molecule has 0 bridgehead atoms. The number of nitrogens with zero attached hydrogens (tertiary/aromatic N) is 2. The molecule has 1 atom stereocenters. The number of H-pyrrole nitrogens is 1. The van der Waals surface area contributed by atoms with Crippen molar-refractivity contribution in [3.05, 3.63) is 30.0 Å². The van der Waals surface area contributed by atoms with Crippen LogP contribution in [0.2, 0.25) is 0 Å². The highest BCUT2D eigenvalue weighted by Gasteiger charge is 2.22. The molecule has 1 aliphatic heterocycles. The van der Waals surface area contributed by atoms with E-state index in [1.807, 2.05) is 24.3 Å². The van der Waals surface area contributed by atoms with Crippen molar-refractivity contribution in [2.45, 2.75) is 25.4 Å².